The molecule has 1 aliphatic heterocycles. The highest BCUT2D eigenvalue weighted by Gasteiger charge is 2.09. The van der Waals surface area contributed by atoms with Crippen LogP contribution in [-0.2, 0) is 6.42 Å². The molecule has 0 spiro atoms. The SMILES string of the molecule is CCc1ncnc(NCCC2=CN(c3ccc(Cl)cc3)NCCC=C2)c1Cl. The average molecular weight is 404 g/mol. The van der Waals surface area contributed by atoms with Crippen molar-refractivity contribution in [3.63, 3.8) is 0 Å². The van der Waals surface area contributed by atoms with Gasteiger partial charge in [-0.15, -0.1) is 0 Å². The molecule has 0 saturated heterocycles. The standard InChI is InChI=1S/C20H23Cl2N5/c1-2-18-19(22)20(25-14-24-18)23-12-10-15-5-3-4-11-26-27(13-15)17-8-6-16(21)7-9-17/h3,5-9,13-14,26H,2,4,10-12H2,1H3,(H,23,24,25). The Morgan fingerprint density at radius 2 is 2.00 bits per heavy atom. The van der Waals surface area contributed by atoms with Crippen LogP contribution < -0.4 is 15.8 Å². The minimum absolute atomic E-state index is 0.603. The smallest absolute Gasteiger partial charge is 0.148 e. The molecule has 7 heteroatoms. The molecule has 0 saturated carbocycles. The maximum atomic E-state index is 6.35. The molecule has 3 rings (SSSR count). The molecule has 27 heavy (non-hydrogen) atoms. The summed E-state index contributed by atoms with van der Waals surface area (Å²) < 4.78 is 0. The zero-order valence-electron chi connectivity index (χ0n) is 15.3. The monoisotopic (exact) mass is 403 g/mol. The van der Waals surface area contributed by atoms with Gasteiger partial charge in [0.05, 0.1) is 11.4 Å². The number of nitrogens with zero attached hydrogens (tertiary/aromatic N) is 3. The third kappa shape index (κ3) is 5.45. The first kappa shape index (κ1) is 19.7. The van der Waals surface area contributed by atoms with Crippen molar-refractivity contribution in [1.82, 2.24) is 15.4 Å². The molecule has 2 heterocycles. The van der Waals surface area contributed by atoms with E-state index in [2.05, 4.69) is 39.1 Å². The highest BCUT2D eigenvalue weighted by molar-refractivity contribution is 6.33. The summed E-state index contributed by atoms with van der Waals surface area (Å²) in [6.07, 6.45) is 10.6. The van der Waals surface area contributed by atoms with Crippen LogP contribution in [0.3, 0.4) is 0 Å². The summed E-state index contributed by atoms with van der Waals surface area (Å²) in [6, 6.07) is 7.79. The van der Waals surface area contributed by atoms with Gasteiger partial charge in [0, 0.05) is 24.3 Å². The number of anilines is 2. The molecule has 0 atom stereocenters. The molecule has 0 bridgehead atoms. The maximum Gasteiger partial charge on any atom is 0.148 e. The summed E-state index contributed by atoms with van der Waals surface area (Å²) in [7, 11) is 0. The van der Waals surface area contributed by atoms with Crippen molar-refractivity contribution >= 4 is 34.7 Å². The van der Waals surface area contributed by atoms with Gasteiger partial charge in [-0.2, -0.15) is 0 Å². The van der Waals surface area contributed by atoms with Crippen LogP contribution in [0.2, 0.25) is 10.0 Å². The van der Waals surface area contributed by atoms with Gasteiger partial charge in [0.2, 0.25) is 0 Å². The number of allylic oxidation sites excluding steroid dienone is 1. The van der Waals surface area contributed by atoms with Crippen LogP contribution in [-0.4, -0.2) is 23.1 Å². The van der Waals surface area contributed by atoms with Gasteiger partial charge < -0.3 is 5.32 Å². The fourth-order valence-electron chi connectivity index (χ4n) is 2.77. The first-order chi connectivity index (χ1) is 13.2. The van der Waals surface area contributed by atoms with Crippen LogP contribution in [0.4, 0.5) is 11.5 Å². The number of aromatic nitrogens is 2. The minimum atomic E-state index is 0.603. The molecule has 0 fully saturated rings. The summed E-state index contributed by atoms with van der Waals surface area (Å²) in [5.41, 5.74) is 6.53. The zero-order chi connectivity index (χ0) is 19.1. The van der Waals surface area contributed by atoms with E-state index >= 15 is 0 Å². The van der Waals surface area contributed by atoms with E-state index in [9.17, 15) is 0 Å². The Kier molecular flexibility index (Phi) is 7.10. The van der Waals surface area contributed by atoms with E-state index in [0.29, 0.717) is 10.8 Å². The molecule has 0 amide bonds. The van der Waals surface area contributed by atoms with Gasteiger partial charge in [-0.3, -0.25) is 5.01 Å². The molecular weight excluding hydrogens is 381 g/mol. The molecule has 1 aromatic carbocycles. The van der Waals surface area contributed by atoms with Crippen LogP contribution in [0.5, 0.6) is 0 Å². The predicted molar refractivity (Wildman–Crippen MR) is 113 cm³/mol. The van der Waals surface area contributed by atoms with E-state index in [1.165, 1.54) is 5.57 Å². The molecule has 0 aliphatic carbocycles. The number of rotatable bonds is 6. The number of hydrogen-bond donors (Lipinski definition) is 2. The van der Waals surface area contributed by atoms with Crippen molar-refractivity contribution in [3.8, 4) is 0 Å². The topological polar surface area (TPSA) is 53.1 Å². The van der Waals surface area contributed by atoms with E-state index in [1.54, 1.807) is 6.33 Å². The molecule has 5 nitrogen and oxygen atoms in total. The van der Waals surface area contributed by atoms with Gasteiger partial charge in [0.15, 0.2) is 0 Å². The highest BCUT2D eigenvalue weighted by Crippen LogP contribution is 2.23. The van der Waals surface area contributed by atoms with Crippen molar-refractivity contribution < 1.29 is 0 Å². The zero-order valence-corrected chi connectivity index (χ0v) is 16.8. The summed E-state index contributed by atoms with van der Waals surface area (Å²) >= 11 is 12.4. The van der Waals surface area contributed by atoms with Crippen molar-refractivity contribution in [2.24, 2.45) is 0 Å². The second-order valence-electron chi connectivity index (χ2n) is 6.16. The van der Waals surface area contributed by atoms with Gasteiger partial charge in [-0.1, -0.05) is 42.3 Å². The second-order valence-corrected chi connectivity index (χ2v) is 6.98. The second kappa shape index (κ2) is 9.74. The van der Waals surface area contributed by atoms with Gasteiger partial charge in [-0.05, 0) is 49.1 Å². The van der Waals surface area contributed by atoms with Gasteiger partial charge in [-0.25, -0.2) is 15.4 Å². The number of halogens is 2. The predicted octanol–water partition coefficient (Wildman–Crippen LogP) is 5.00. The quantitative estimate of drug-likeness (QED) is 0.710. The lowest BCUT2D eigenvalue weighted by atomic mass is 10.1. The van der Waals surface area contributed by atoms with Gasteiger partial charge in [0.25, 0.3) is 0 Å². The third-order valence-electron chi connectivity index (χ3n) is 4.23. The molecule has 2 N–H and O–H groups in total. The van der Waals surface area contributed by atoms with Crippen molar-refractivity contribution in [2.45, 2.75) is 26.2 Å². The normalized spacial score (nSPS) is 14.5. The number of nitrogens with one attached hydrogen (secondary N) is 2. The number of aryl methyl sites for hydroxylation is 1. The Labute approximate surface area is 170 Å². The first-order valence-corrected chi connectivity index (χ1v) is 9.81. The van der Waals surface area contributed by atoms with Crippen LogP contribution >= 0.6 is 23.2 Å². The lowest BCUT2D eigenvalue weighted by Gasteiger charge is -2.24. The Morgan fingerprint density at radius 3 is 2.78 bits per heavy atom. The summed E-state index contributed by atoms with van der Waals surface area (Å²) in [6.45, 7) is 3.63. The molecule has 2 aromatic rings. The van der Waals surface area contributed by atoms with Gasteiger partial charge >= 0.3 is 0 Å². The number of hydrogen-bond acceptors (Lipinski definition) is 5. The number of hydrazine groups is 1. The average Bonchev–Trinajstić information content (AvgIpc) is 2.65. The van der Waals surface area contributed by atoms with Crippen molar-refractivity contribution in [3.05, 3.63) is 70.3 Å². The maximum absolute atomic E-state index is 6.35. The molecule has 0 unspecified atom stereocenters. The Hall–Kier alpha value is -2.08. The lowest BCUT2D eigenvalue weighted by molar-refractivity contribution is 0.694. The largest absolute Gasteiger partial charge is 0.368 e. The van der Waals surface area contributed by atoms with Crippen LogP contribution in [0.15, 0.2) is 54.5 Å². The summed E-state index contributed by atoms with van der Waals surface area (Å²) in [5, 5.41) is 6.69. The molecule has 1 aromatic heterocycles. The van der Waals surface area contributed by atoms with Crippen molar-refractivity contribution in [1.29, 1.82) is 0 Å². The summed E-state index contributed by atoms with van der Waals surface area (Å²) in [4.78, 5) is 8.44. The van der Waals surface area contributed by atoms with E-state index in [1.807, 2.05) is 36.2 Å². The Bertz CT molecular complexity index is 818. The Morgan fingerprint density at radius 1 is 1.19 bits per heavy atom. The highest BCUT2D eigenvalue weighted by atomic mass is 35.5. The van der Waals surface area contributed by atoms with Crippen LogP contribution in [0.25, 0.3) is 0 Å². The van der Waals surface area contributed by atoms with E-state index in [-0.39, 0.29) is 0 Å². The van der Waals surface area contributed by atoms with E-state index < -0.39 is 0 Å². The van der Waals surface area contributed by atoms with E-state index in [4.69, 9.17) is 23.2 Å². The third-order valence-corrected chi connectivity index (χ3v) is 4.88. The molecule has 0 radical (unpaired) electrons. The molecular formula is C20H23Cl2N5. The van der Waals surface area contributed by atoms with Crippen LogP contribution in [0.1, 0.15) is 25.5 Å². The Balaban J connectivity index is 1.68. The lowest BCUT2D eigenvalue weighted by Crippen LogP contribution is -2.35. The van der Waals surface area contributed by atoms with Crippen LogP contribution in [0, 0.1) is 0 Å². The first-order valence-electron chi connectivity index (χ1n) is 9.06. The fourth-order valence-corrected chi connectivity index (χ4v) is 3.20. The van der Waals surface area contributed by atoms with Gasteiger partial charge in [0.1, 0.15) is 17.2 Å². The fraction of sp³-hybridized carbons (Fsp3) is 0.300. The van der Waals surface area contributed by atoms with E-state index in [0.717, 1.165) is 48.8 Å². The summed E-state index contributed by atoms with van der Waals surface area (Å²) in [5.74, 6) is 0.687. The number of benzene rings is 1. The minimum Gasteiger partial charge on any atom is -0.368 e. The molecule has 1 aliphatic rings. The molecule has 142 valence electrons. The van der Waals surface area contributed by atoms with Crippen molar-refractivity contribution in [2.75, 3.05) is 23.4 Å².